The van der Waals surface area contributed by atoms with Crippen LogP contribution in [-0.2, 0) is 4.79 Å². The van der Waals surface area contributed by atoms with E-state index in [4.69, 9.17) is 0 Å². The third kappa shape index (κ3) is 3.94. The summed E-state index contributed by atoms with van der Waals surface area (Å²) in [6, 6.07) is 9.36. The van der Waals surface area contributed by atoms with E-state index in [2.05, 4.69) is 21.2 Å². The Labute approximate surface area is 153 Å². The number of aromatic amines is 1. The van der Waals surface area contributed by atoms with Crippen molar-refractivity contribution < 1.29 is 4.79 Å². The molecular formula is C19H25N5O2. The summed E-state index contributed by atoms with van der Waals surface area (Å²) >= 11 is 0. The molecule has 2 heterocycles. The standard InChI is InChI=1S/C19H25N5O2/c1-14-5-4-6-15(11-14)18(22(2)3)19(26)24-9-7-23(8-10-24)16-12-17(25)21-20-13-16/h4-6,11-13,18H,7-10H2,1-3H3,(H,21,25)/t18-/m1/s1. The fraction of sp³-hybridized carbons (Fsp3) is 0.421. The van der Waals surface area contributed by atoms with Crippen LogP contribution in [0.4, 0.5) is 5.69 Å². The van der Waals surface area contributed by atoms with Crippen LogP contribution in [0.1, 0.15) is 17.2 Å². The predicted molar refractivity (Wildman–Crippen MR) is 101 cm³/mol. The molecule has 1 N–H and O–H groups in total. The summed E-state index contributed by atoms with van der Waals surface area (Å²) < 4.78 is 0. The zero-order chi connectivity index (χ0) is 18.7. The summed E-state index contributed by atoms with van der Waals surface area (Å²) in [6.07, 6.45) is 1.65. The van der Waals surface area contributed by atoms with Gasteiger partial charge in [0.05, 0.1) is 11.9 Å². The number of carbonyl (C=O) groups is 1. The smallest absolute Gasteiger partial charge is 0.266 e. The molecule has 1 fully saturated rings. The van der Waals surface area contributed by atoms with Gasteiger partial charge < -0.3 is 9.80 Å². The largest absolute Gasteiger partial charge is 0.367 e. The van der Waals surface area contributed by atoms with Crippen LogP contribution in [0.25, 0.3) is 0 Å². The third-order valence-corrected chi connectivity index (χ3v) is 4.72. The van der Waals surface area contributed by atoms with Crippen LogP contribution in [-0.4, -0.2) is 66.2 Å². The first-order valence-electron chi connectivity index (χ1n) is 8.77. The van der Waals surface area contributed by atoms with Gasteiger partial charge in [-0.1, -0.05) is 29.8 Å². The van der Waals surface area contributed by atoms with E-state index in [0.717, 1.165) is 16.8 Å². The number of piperazine rings is 1. The Bertz CT molecular complexity index is 824. The number of aromatic nitrogens is 2. The molecule has 1 aliphatic rings. The molecule has 0 saturated carbocycles. The second kappa shape index (κ2) is 7.70. The molecule has 1 atom stereocenters. The Balaban J connectivity index is 1.71. The number of nitrogens with one attached hydrogen (secondary N) is 1. The van der Waals surface area contributed by atoms with Crippen molar-refractivity contribution in [3.63, 3.8) is 0 Å². The van der Waals surface area contributed by atoms with Crippen LogP contribution in [0, 0.1) is 6.92 Å². The van der Waals surface area contributed by atoms with Crippen LogP contribution in [0.15, 0.2) is 41.3 Å². The number of benzene rings is 1. The first-order valence-corrected chi connectivity index (χ1v) is 8.77. The van der Waals surface area contributed by atoms with Crippen molar-refractivity contribution in [3.8, 4) is 0 Å². The Morgan fingerprint density at radius 2 is 1.92 bits per heavy atom. The van der Waals surface area contributed by atoms with Gasteiger partial charge in [0.1, 0.15) is 6.04 Å². The molecule has 1 aliphatic heterocycles. The van der Waals surface area contributed by atoms with Gasteiger partial charge >= 0.3 is 0 Å². The first kappa shape index (κ1) is 18.1. The summed E-state index contributed by atoms with van der Waals surface area (Å²) in [5.41, 5.74) is 2.74. The average Bonchev–Trinajstić information content (AvgIpc) is 2.62. The van der Waals surface area contributed by atoms with Gasteiger partial charge in [-0.2, -0.15) is 5.10 Å². The summed E-state index contributed by atoms with van der Waals surface area (Å²) in [4.78, 5) is 30.5. The molecular weight excluding hydrogens is 330 g/mol. The van der Waals surface area contributed by atoms with Crippen LogP contribution >= 0.6 is 0 Å². The van der Waals surface area contributed by atoms with Crippen molar-refractivity contribution in [2.24, 2.45) is 0 Å². The topological polar surface area (TPSA) is 72.5 Å². The molecule has 1 aromatic carbocycles. The Morgan fingerprint density at radius 1 is 1.19 bits per heavy atom. The molecule has 1 aromatic heterocycles. The number of likely N-dealkylation sites (N-methyl/N-ethyl adjacent to an activating group) is 1. The minimum absolute atomic E-state index is 0.115. The lowest BCUT2D eigenvalue weighted by molar-refractivity contribution is -0.136. The minimum atomic E-state index is -0.289. The van der Waals surface area contributed by atoms with Gasteiger partial charge in [0.15, 0.2) is 0 Å². The zero-order valence-electron chi connectivity index (χ0n) is 15.5. The maximum atomic E-state index is 13.1. The van der Waals surface area contributed by atoms with E-state index in [1.807, 2.05) is 49.0 Å². The van der Waals surface area contributed by atoms with E-state index in [9.17, 15) is 9.59 Å². The van der Waals surface area contributed by atoms with Crippen molar-refractivity contribution in [2.45, 2.75) is 13.0 Å². The summed E-state index contributed by atoms with van der Waals surface area (Å²) in [5.74, 6) is 0.115. The Hall–Kier alpha value is -2.67. The molecule has 3 rings (SSSR count). The fourth-order valence-electron chi connectivity index (χ4n) is 3.40. The van der Waals surface area contributed by atoms with Gasteiger partial charge in [0.25, 0.3) is 5.56 Å². The van der Waals surface area contributed by atoms with Gasteiger partial charge in [0.2, 0.25) is 5.91 Å². The highest BCUT2D eigenvalue weighted by Crippen LogP contribution is 2.23. The highest BCUT2D eigenvalue weighted by atomic mass is 16.2. The van der Waals surface area contributed by atoms with E-state index in [1.165, 1.54) is 0 Å². The van der Waals surface area contributed by atoms with E-state index >= 15 is 0 Å². The van der Waals surface area contributed by atoms with Crippen LogP contribution in [0.5, 0.6) is 0 Å². The lowest BCUT2D eigenvalue weighted by Gasteiger charge is -2.38. The lowest BCUT2D eigenvalue weighted by atomic mass is 10.0. The maximum absolute atomic E-state index is 13.1. The molecule has 2 aromatic rings. The highest BCUT2D eigenvalue weighted by Gasteiger charge is 2.30. The number of hydrogen-bond donors (Lipinski definition) is 1. The van der Waals surface area contributed by atoms with Crippen molar-refractivity contribution >= 4 is 11.6 Å². The monoisotopic (exact) mass is 355 g/mol. The van der Waals surface area contributed by atoms with Crippen molar-refractivity contribution in [1.29, 1.82) is 0 Å². The third-order valence-electron chi connectivity index (χ3n) is 4.72. The molecule has 26 heavy (non-hydrogen) atoms. The molecule has 1 amide bonds. The number of anilines is 1. The van der Waals surface area contributed by atoms with Gasteiger partial charge in [0, 0.05) is 32.2 Å². The van der Waals surface area contributed by atoms with Crippen LogP contribution in [0.2, 0.25) is 0 Å². The highest BCUT2D eigenvalue weighted by molar-refractivity contribution is 5.83. The molecule has 7 heteroatoms. The Morgan fingerprint density at radius 3 is 2.54 bits per heavy atom. The van der Waals surface area contributed by atoms with E-state index < -0.39 is 0 Å². The SMILES string of the molecule is Cc1cccc([C@H](C(=O)N2CCN(c3cn[nH]c(=O)c3)CC2)N(C)C)c1. The minimum Gasteiger partial charge on any atom is -0.367 e. The summed E-state index contributed by atoms with van der Waals surface area (Å²) in [5, 5.41) is 6.23. The molecule has 138 valence electrons. The second-order valence-corrected chi connectivity index (χ2v) is 6.90. The molecule has 0 spiro atoms. The Kier molecular flexibility index (Phi) is 5.37. The molecule has 0 aliphatic carbocycles. The van der Waals surface area contributed by atoms with Gasteiger partial charge in [-0.15, -0.1) is 0 Å². The van der Waals surface area contributed by atoms with E-state index in [0.29, 0.717) is 26.2 Å². The second-order valence-electron chi connectivity index (χ2n) is 6.90. The number of aryl methyl sites for hydroxylation is 1. The quantitative estimate of drug-likeness (QED) is 0.887. The predicted octanol–water partition coefficient (Wildman–Crippen LogP) is 1.03. The van der Waals surface area contributed by atoms with Crippen LogP contribution < -0.4 is 10.5 Å². The molecule has 0 unspecified atom stereocenters. The summed E-state index contributed by atoms with van der Waals surface area (Å²) in [7, 11) is 3.87. The van der Waals surface area contributed by atoms with Crippen LogP contribution in [0.3, 0.4) is 0 Å². The van der Waals surface area contributed by atoms with E-state index in [1.54, 1.807) is 12.3 Å². The number of carbonyl (C=O) groups excluding carboxylic acids is 1. The zero-order valence-corrected chi connectivity index (χ0v) is 15.5. The van der Waals surface area contributed by atoms with Crippen molar-refractivity contribution in [3.05, 3.63) is 58.0 Å². The number of nitrogens with zero attached hydrogens (tertiary/aromatic N) is 4. The summed E-state index contributed by atoms with van der Waals surface area (Å²) in [6.45, 7) is 4.66. The van der Waals surface area contributed by atoms with Gasteiger partial charge in [-0.25, -0.2) is 5.10 Å². The fourth-order valence-corrected chi connectivity index (χ4v) is 3.40. The lowest BCUT2D eigenvalue weighted by Crippen LogP contribution is -2.51. The van der Waals surface area contributed by atoms with Gasteiger partial charge in [-0.05, 0) is 26.6 Å². The number of H-pyrrole nitrogens is 1. The number of amides is 1. The number of hydrogen-bond acceptors (Lipinski definition) is 5. The molecule has 0 bridgehead atoms. The molecule has 7 nitrogen and oxygen atoms in total. The molecule has 1 saturated heterocycles. The van der Waals surface area contributed by atoms with E-state index in [-0.39, 0.29) is 17.5 Å². The van der Waals surface area contributed by atoms with Crippen molar-refractivity contribution in [2.75, 3.05) is 45.2 Å². The van der Waals surface area contributed by atoms with Crippen molar-refractivity contribution in [1.82, 2.24) is 20.0 Å². The van der Waals surface area contributed by atoms with Gasteiger partial charge in [-0.3, -0.25) is 14.5 Å². The number of rotatable bonds is 4. The average molecular weight is 355 g/mol. The molecule has 0 radical (unpaired) electrons. The normalized spacial score (nSPS) is 16.0. The maximum Gasteiger partial charge on any atom is 0.266 e. The first-order chi connectivity index (χ1) is 12.5.